The van der Waals surface area contributed by atoms with Gasteiger partial charge in [-0.2, -0.15) is 0 Å². The van der Waals surface area contributed by atoms with Crippen molar-refractivity contribution in [1.29, 1.82) is 0 Å². The van der Waals surface area contributed by atoms with E-state index < -0.39 is 0 Å². The van der Waals surface area contributed by atoms with E-state index in [4.69, 9.17) is 0 Å². The lowest BCUT2D eigenvalue weighted by Crippen LogP contribution is -2.02. The SMILES string of the molecule is CC(C)C=C1C=CSSN1. The summed E-state index contributed by atoms with van der Waals surface area (Å²) in [6.07, 6.45) is 4.31. The Hall–Kier alpha value is -0.0200. The summed E-state index contributed by atoms with van der Waals surface area (Å²) in [6, 6.07) is 0. The van der Waals surface area contributed by atoms with Gasteiger partial charge >= 0.3 is 0 Å². The third-order valence-electron chi connectivity index (χ3n) is 1.02. The van der Waals surface area contributed by atoms with Crippen LogP contribution in [0.1, 0.15) is 13.8 Å². The van der Waals surface area contributed by atoms with Crippen LogP contribution in [0.4, 0.5) is 0 Å². The van der Waals surface area contributed by atoms with Gasteiger partial charge in [0.05, 0.1) is 0 Å². The van der Waals surface area contributed by atoms with Crippen molar-refractivity contribution in [1.82, 2.24) is 4.72 Å². The summed E-state index contributed by atoms with van der Waals surface area (Å²) in [5, 5.41) is 2.09. The second kappa shape index (κ2) is 3.98. The molecule has 0 atom stereocenters. The van der Waals surface area contributed by atoms with Crippen molar-refractivity contribution in [3.05, 3.63) is 23.3 Å². The Labute approximate surface area is 69.9 Å². The first-order valence-electron chi connectivity index (χ1n) is 3.26. The molecule has 0 bridgehead atoms. The van der Waals surface area contributed by atoms with Crippen molar-refractivity contribution in [2.45, 2.75) is 13.8 Å². The van der Waals surface area contributed by atoms with Crippen LogP contribution in [0.15, 0.2) is 23.3 Å². The standard InChI is InChI=1S/C7H11NS2/c1-6(2)5-7-3-4-9-10-8-7/h3-6,8H,1-2H3. The molecule has 0 saturated heterocycles. The van der Waals surface area contributed by atoms with Crippen LogP contribution in [0.2, 0.25) is 0 Å². The molecule has 0 radical (unpaired) electrons. The Bertz CT molecular complexity index is 161. The Morgan fingerprint density at radius 2 is 2.40 bits per heavy atom. The summed E-state index contributed by atoms with van der Waals surface area (Å²) in [5.41, 5.74) is 1.22. The van der Waals surface area contributed by atoms with Crippen molar-refractivity contribution in [3.8, 4) is 0 Å². The van der Waals surface area contributed by atoms with E-state index in [9.17, 15) is 0 Å². The lowest BCUT2D eigenvalue weighted by atomic mass is 10.2. The molecular weight excluding hydrogens is 162 g/mol. The highest BCUT2D eigenvalue weighted by Gasteiger charge is 1.98. The second-order valence-corrected chi connectivity index (χ2v) is 4.36. The van der Waals surface area contributed by atoms with Crippen LogP contribution >= 0.6 is 21.8 Å². The predicted octanol–water partition coefficient (Wildman–Crippen LogP) is 2.94. The molecule has 1 N–H and O–H groups in total. The van der Waals surface area contributed by atoms with E-state index in [1.165, 1.54) is 5.70 Å². The maximum absolute atomic E-state index is 3.20. The molecule has 1 nitrogen and oxygen atoms in total. The normalized spacial score (nSPS) is 21.7. The fourth-order valence-electron chi connectivity index (χ4n) is 0.684. The lowest BCUT2D eigenvalue weighted by molar-refractivity contribution is 0.821. The number of hydrogen-bond donors (Lipinski definition) is 1. The van der Waals surface area contributed by atoms with Crippen LogP contribution in [-0.2, 0) is 0 Å². The molecule has 10 heavy (non-hydrogen) atoms. The van der Waals surface area contributed by atoms with Gasteiger partial charge in [0.2, 0.25) is 0 Å². The predicted molar refractivity (Wildman–Crippen MR) is 50.4 cm³/mol. The third-order valence-corrected chi connectivity index (χ3v) is 2.56. The summed E-state index contributed by atoms with van der Waals surface area (Å²) in [4.78, 5) is 0. The van der Waals surface area contributed by atoms with E-state index in [1.54, 1.807) is 21.8 Å². The average molecular weight is 173 g/mol. The van der Waals surface area contributed by atoms with Crippen molar-refractivity contribution in [3.63, 3.8) is 0 Å². The zero-order chi connectivity index (χ0) is 7.40. The van der Waals surface area contributed by atoms with E-state index in [-0.39, 0.29) is 0 Å². The molecule has 0 spiro atoms. The summed E-state index contributed by atoms with van der Waals surface area (Å²) in [7, 11) is 3.37. The average Bonchev–Trinajstić information content (AvgIpc) is 1.88. The minimum atomic E-state index is 0.621. The largest absolute Gasteiger partial charge is 0.321 e. The maximum Gasteiger partial charge on any atom is 0.0416 e. The number of rotatable bonds is 1. The van der Waals surface area contributed by atoms with Gasteiger partial charge in [-0.15, -0.1) is 0 Å². The minimum Gasteiger partial charge on any atom is -0.321 e. The molecule has 3 heteroatoms. The molecule has 0 aromatic heterocycles. The summed E-state index contributed by atoms with van der Waals surface area (Å²) >= 11 is 0. The molecule has 0 fully saturated rings. The molecule has 56 valence electrons. The Morgan fingerprint density at radius 3 is 2.90 bits per heavy atom. The van der Waals surface area contributed by atoms with Crippen LogP contribution in [-0.4, -0.2) is 0 Å². The Morgan fingerprint density at radius 1 is 1.60 bits per heavy atom. The van der Waals surface area contributed by atoms with Crippen LogP contribution < -0.4 is 4.72 Å². The van der Waals surface area contributed by atoms with Crippen molar-refractivity contribution in [2.75, 3.05) is 0 Å². The van der Waals surface area contributed by atoms with Crippen LogP contribution in [0, 0.1) is 5.92 Å². The highest BCUT2D eigenvalue weighted by Crippen LogP contribution is 2.25. The highest BCUT2D eigenvalue weighted by molar-refractivity contribution is 8.77. The molecule has 0 saturated carbocycles. The van der Waals surface area contributed by atoms with Crippen molar-refractivity contribution < 1.29 is 0 Å². The van der Waals surface area contributed by atoms with Crippen molar-refractivity contribution >= 4 is 21.8 Å². The van der Waals surface area contributed by atoms with Gasteiger partial charge in [-0.05, 0) is 28.2 Å². The zero-order valence-corrected chi connectivity index (χ0v) is 7.76. The third kappa shape index (κ3) is 2.71. The van der Waals surface area contributed by atoms with Gasteiger partial charge in [-0.25, -0.2) is 0 Å². The van der Waals surface area contributed by atoms with Gasteiger partial charge in [-0.1, -0.05) is 19.9 Å². The fourth-order valence-corrected chi connectivity index (χ4v) is 1.99. The number of allylic oxidation sites excluding steroid dienone is 2. The highest BCUT2D eigenvalue weighted by atomic mass is 33.1. The smallest absolute Gasteiger partial charge is 0.0416 e. The lowest BCUT2D eigenvalue weighted by Gasteiger charge is -2.09. The second-order valence-electron chi connectivity index (χ2n) is 2.45. The number of hydrogen-bond acceptors (Lipinski definition) is 3. The van der Waals surface area contributed by atoms with Gasteiger partial charge in [-0.3, -0.25) is 0 Å². The topological polar surface area (TPSA) is 12.0 Å². The van der Waals surface area contributed by atoms with Gasteiger partial charge in [0, 0.05) is 16.7 Å². The molecule has 0 unspecified atom stereocenters. The molecule has 1 heterocycles. The molecule has 0 aromatic rings. The molecular formula is C7H11NS2. The quantitative estimate of drug-likeness (QED) is 0.483. The zero-order valence-electron chi connectivity index (χ0n) is 6.13. The minimum absolute atomic E-state index is 0.621. The van der Waals surface area contributed by atoms with Gasteiger partial charge in [0.25, 0.3) is 0 Å². The molecule has 0 aromatic carbocycles. The number of nitrogens with one attached hydrogen (secondary N) is 1. The first kappa shape index (κ1) is 8.08. The van der Waals surface area contributed by atoms with Crippen LogP contribution in [0.5, 0.6) is 0 Å². The van der Waals surface area contributed by atoms with E-state index in [1.807, 2.05) is 0 Å². The first-order chi connectivity index (χ1) is 4.79. The molecule has 0 amide bonds. The first-order valence-corrected chi connectivity index (χ1v) is 5.47. The van der Waals surface area contributed by atoms with Gasteiger partial charge in [0.15, 0.2) is 0 Å². The fraction of sp³-hybridized carbons (Fsp3) is 0.429. The Kier molecular flexibility index (Phi) is 3.22. The monoisotopic (exact) mass is 173 g/mol. The summed E-state index contributed by atoms with van der Waals surface area (Å²) < 4.78 is 3.20. The van der Waals surface area contributed by atoms with Crippen LogP contribution in [0.3, 0.4) is 0 Å². The van der Waals surface area contributed by atoms with Crippen LogP contribution in [0.25, 0.3) is 0 Å². The van der Waals surface area contributed by atoms with E-state index >= 15 is 0 Å². The molecule has 1 aliphatic heterocycles. The summed E-state index contributed by atoms with van der Waals surface area (Å²) in [6.45, 7) is 4.35. The Balaban J connectivity index is 2.53. The van der Waals surface area contributed by atoms with E-state index in [0.29, 0.717) is 5.92 Å². The van der Waals surface area contributed by atoms with E-state index in [2.05, 4.69) is 36.1 Å². The van der Waals surface area contributed by atoms with Gasteiger partial charge in [0.1, 0.15) is 0 Å². The molecule has 1 rings (SSSR count). The molecule has 0 aliphatic carbocycles. The van der Waals surface area contributed by atoms with Crippen molar-refractivity contribution in [2.24, 2.45) is 5.92 Å². The summed E-state index contributed by atoms with van der Waals surface area (Å²) in [5.74, 6) is 0.621. The molecule has 1 aliphatic rings. The maximum atomic E-state index is 3.20. The van der Waals surface area contributed by atoms with Gasteiger partial charge < -0.3 is 4.72 Å². The van der Waals surface area contributed by atoms with E-state index in [0.717, 1.165) is 0 Å².